The molecule has 0 saturated heterocycles. The zero-order chi connectivity index (χ0) is 13.6. The highest BCUT2D eigenvalue weighted by molar-refractivity contribution is 6.30. The lowest BCUT2D eigenvalue weighted by Gasteiger charge is -2.19. The van der Waals surface area contributed by atoms with E-state index >= 15 is 0 Å². The Morgan fingerprint density at radius 2 is 1.70 bits per heavy atom. The third-order valence-corrected chi connectivity index (χ3v) is 4.96. The number of aromatic nitrogens is 2. The van der Waals surface area contributed by atoms with Crippen LogP contribution in [-0.4, -0.2) is 10.2 Å². The molecular formula is C17H17ClN2. The monoisotopic (exact) mass is 284 g/mol. The van der Waals surface area contributed by atoms with Gasteiger partial charge in [-0.2, -0.15) is 10.2 Å². The zero-order valence-electron chi connectivity index (χ0n) is 11.4. The van der Waals surface area contributed by atoms with Crippen LogP contribution in [0.2, 0.25) is 5.02 Å². The minimum absolute atomic E-state index is 0.101. The van der Waals surface area contributed by atoms with Gasteiger partial charge in [-0.25, -0.2) is 0 Å². The summed E-state index contributed by atoms with van der Waals surface area (Å²) in [5, 5.41) is 9.83. The Morgan fingerprint density at radius 1 is 0.950 bits per heavy atom. The molecule has 20 heavy (non-hydrogen) atoms. The lowest BCUT2D eigenvalue weighted by molar-refractivity contribution is 0.638. The Kier molecular flexibility index (Phi) is 2.81. The normalized spacial score (nSPS) is 19.4. The second-order valence-electron chi connectivity index (χ2n) is 6.00. The average molecular weight is 285 g/mol. The smallest absolute Gasteiger partial charge is 0.0739 e. The van der Waals surface area contributed by atoms with Crippen LogP contribution in [0.1, 0.15) is 48.2 Å². The van der Waals surface area contributed by atoms with E-state index in [4.69, 9.17) is 11.6 Å². The van der Waals surface area contributed by atoms with Crippen molar-refractivity contribution in [3.8, 4) is 0 Å². The molecule has 1 heterocycles. The lowest BCUT2D eigenvalue weighted by Crippen LogP contribution is -2.15. The molecule has 1 aromatic heterocycles. The van der Waals surface area contributed by atoms with E-state index in [1.165, 1.54) is 42.5 Å². The van der Waals surface area contributed by atoms with Crippen molar-refractivity contribution in [3.05, 3.63) is 57.9 Å². The molecule has 1 aromatic carbocycles. The van der Waals surface area contributed by atoms with Gasteiger partial charge in [0, 0.05) is 10.4 Å². The quantitative estimate of drug-likeness (QED) is 0.830. The standard InChI is InChI=1S/C17H17ClN2/c18-14-7-5-13(6-8-14)17(9-10-17)16-11-12-3-1-2-4-15(12)19-20-16/h5-8,11H,1-4,9-10H2. The Hall–Kier alpha value is -1.41. The summed E-state index contributed by atoms with van der Waals surface area (Å²) in [7, 11) is 0. The largest absolute Gasteiger partial charge is 0.155 e. The summed E-state index contributed by atoms with van der Waals surface area (Å²) in [4.78, 5) is 0. The summed E-state index contributed by atoms with van der Waals surface area (Å²) in [6, 6.07) is 10.5. The molecule has 0 unspecified atom stereocenters. The first kappa shape index (κ1) is 12.3. The van der Waals surface area contributed by atoms with Gasteiger partial charge in [-0.15, -0.1) is 0 Å². The highest BCUT2D eigenvalue weighted by Crippen LogP contribution is 2.53. The minimum atomic E-state index is 0.101. The number of benzene rings is 1. The first-order valence-electron chi connectivity index (χ1n) is 7.40. The van der Waals surface area contributed by atoms with Crippen molar-refractivity contribution < 1.29 is 0 Å². The number of halogens is 1. The molecule has 102 valence electrons. The molecule has 2 aliphatic rings. The van der Waals surface area contributed by atoms with Crippen molar-refractivity contribution in [2.24, 2.45) is 0 Å². The van der Waals surface area contributed by atoms with E-state index < -0.39 is 0 Å². The van der Waals surface area contributed by atoms with E-state index in [9.17, 15) is 0 Å². The molecule has 2 aliphatic carbocycles. The number of hydrogen-bond donors (Lipinski definition) is 0. The van der Waals surface area contributed by atoms with Gasteiger partial charge in [0.1, 0.15) is 0 Å². The predicted molar refractivity (Wildman–Crippen MR) is 80.1 cm³/mol. The summed E-state index contributed by atoms with van der Waals surface area (Å²) in [6.45, 7) is 0. The van der Waals surface area contributed by atoms with E-state index in [1.807, 2.05) is 12.1 Å². The van der Waals surface area contributed by atoms with Crippen molar-refractivity contribution in [3.63, 3.8) is 0 Å². The highest BCUT2D eigenvalue weighted by atomic mass is 35.5. The van der Waals surface area contributed by atoms with Crippen LogP contribution >= 0.6 is 11.6 Å². The summed E-state index contributed by atoms with van der Waals surface area (Å²) < 4.78 is 0. The van der Waals surface area contributed by atoms with Gasteiger partial charge in [0.15, 0.2) is 0 Å². The van der Waals surface area contributed by atoms with Gasteiger partial charge < -0.3 is 0 Å². The SMILES string of the molecule is Clc1ccc(C2(c3cc4c(nn3)CCCC4)CC2)cc1. The van der Waals surface area contributed by atoms with E-state index in [2.05, 4.69) is 28.4 Å². The molecule has 0 atom stereocenters. The van der Waals surface area contributed by atoms with Crippen molar-refractivity contribution in [2.75, 3.05) is 0 Å². The van der Waals surface area contributed by atoms with Crippen molar-refractivity contribution in [1.29, 1.82) is 0 Å². The molecule has 2 nitrogen and oxygen atoms in total. The minimum Gasteiger partial charge on any atom is -0.155 e. The third kappa shape index (κ3) is 1.94. The second-order valence-corrected chi connectivity index (χ2v) is 6.43. The van der Waals surface area contributed by atoms with Crippen molar-refractivity contribution >= 4 is 11.6 Å². The number of nitrogens with zero attached hydrogens (tertiary/aromatic N) is 2. The first-order valence-corrected chi connectivity index (χ1v) is 7.78. The maximum Gasteiger partial charge on any atom is 0.0739 e. The van der Waals surface area contributed by atoms with Crippen molar-refractivity contribution in [1.82, 2.24) is 10.2 Å². The van der Waals surface area contributed by atoms with Crippen LogP contribution in [0.15, 0.2) is 30.3 Å². The summed E-state index contributed by atoms with van der Waals surface area (Å²) in [6.07, 6.45) is 7.13. The highest BCUT2D eigenvalue weighted by Gasteiger charge is 2.47. The second kappa shape index (κ2) is 4.56. The fourth-order valence-electron chi connectivity index (χ4n) is 3.31. The Bertz CT molecular complexity index is 645. The summed E-state index contributed by atoms with van der Waals surface area (Å²) in [5.74, 6) is 0. The summed E-state index contributed by atoms with van der Waals surface area (Å²) in [5.41, 5.74) is 5.21. The van der Waals surface area contributed by atoms with E-state index in [1.54, 1.807) is 0 Å². The maximum atomic E-state index is 6.00. The van der Waals surface area contributed by atoms with Gasteiger partial charge in [-0.3, -0.25) is 0 Å². The van der Waals surface area contributed by atoms with Gasteiger partial charge in [-0.1, -0.05) is 23.7 Å². The maximum absolute atomic E-state index is 6.00. The number of rotatable bonds is 2. The molecule has 2 aromatic rings. The molecule has 0 bridgehead atoms. The fourth-order valence-corrected chi connectivity index (χ4v) is 3.44. The molecular weight excluding hydrogens is 268 g/mol. The number of hydrogen-bond acceptors (Lipinski definition) is 2. The fraction of sp³-hybridized carbons (Fsp3) is 0.412. The third-order valence-electron chi connectivity index (χ3n) is 4.71. The van der Waals surface area contributed by atoms with Crippen molar-refractivity contribution in [2.45, 2.75) is 43.9 Å². The topological polar surface area (TPSA) is 25.8 Å². The Morgan fingerprint density at radius 3 is 2.45 bits per heavy atom. The Balaban J connectivity index is 1.74. The average Bonchev–Trinajstić information content (AvgIpc) is 3.29. The van der Waals surface area contributed by atoms with Crippen LogP contribution in [0.3, 0.4) is 0 Å². The molecule has 0 amide bonds. The van der Waals surface area contributed by atoms with E-state index in [-0.39, 0.29) is 5.41 Å². The van der Waals surface area contributed by atoms with Crippen LogP contribution in [0.4, 0.5) is 0 Å². The van der Waals surface area contributed by atoms with Crippen LogP contribution in [0, 0.1) is 0 Å². The molecule has 0 aliphatic heterocycles. The summed E-state index contributed by atoms with van der Waals surface area (Å²) >= 11 is 6.00. The number of fused-ring (bicyclic) bond motifs is 1. The predicted octanol–water partition coefficient (Wildman–Crippen LogP) is 4.09. The van der Waals surface area contributed by atoms with Gasteiger partial charge in [-0.05, 0) is 67.9 Å². The van der Waals surface area contributed by atoms with Crippen LogP contribution in [0.25, 0.3) is 0 Å². The molecule has 0 N–H and O–H groups in total. The van der Waals surface area contributed by atoms with Gasteiger partial charge >= 0.3 is 0 Å². The van der Waals surface area contributed by atoms with Gasteiger partial charge in [0.25, 0.3) is 0 Å². The van der Waals surface area contributed by atoms with Crippen LogP contribution < -0.4 is 0 Å². The molecule has 0 spiro atoms. The van der Waals surface area contributed by atoms with Crippen LogP contribution in [0.5, 0.6) is 0 Å². The molecule has 1 fully saturated rings. The van der Waals surface area contributed by atoms with Crippen LogP contribution in [-0.2, 0) is 18.3 Å². The van der Waals surface area contributed by atoms with Gasteiger partial charge in [0.05, 0.1) is 11.4 Å². The Labute approximate surface area is 124 Å². The molecule has 0 radical (unpaired) electrons. The molecule has 3 heteroatoms. The van der Waals surface area contributed by atoms with Gasteiger partial charge in [0.2, 0.25) is 0 Å². The van der Waals surface area contributed by atoms with E-state index in [0.717, 1.165) is 23.6 Å². The van der Waals surface area contributed by atoms with E-state index in [0.29, 0.717) is 0 Å². The lowest BCUT2D eigenvalue weighted by atomic mass is 9.89. The zero-order valence-corrected chi connectivity index (χ0v) is 12.2. The molecule has 1 saturated carbocycles. The number of aryl methyl sites for hydroxylation is 2. The molecule has 4 rings (SSSR count). The first-order chi connectivity index (χ1) is 9.78.